The molecular weight excluding hydrogens is 489 g/mol. The Balaban J connectivity index is 1.55. The fourth-order valence-corrected chi connectivity index (χ4v) is 6.11. The van der Waals surface area contributed by atoms with Gasteiger partial charge in [-0.15, -0.1) is 0 Å². The third-order valence-corrected chi connectivity index (χ3v) is 8.01. The predicted molar refractivity (Wildman–Crippen MR) is 131 cm³/mol. The van der Waals surface area contributed by atoms with Gasteiger partial charge in [-0.2, -0.15) is 0 Å². The van der Waals surface area contributed by atoms with Gasteiger partial charge in [0.05, 0.1) is 24.8 Å². The van der Waals surface area contributed by atoms with E-state index >= 15 is 0 Å². The summed E-state index contributed by atoms with van der Waals surface area (Å²) in [6.07, 6.45) is 1.24. The third-order valence-electron chi connectivity index (χ3n) is 7.66. The Kier molecular flexibility index (Phi) is 5.77. The van der Waals surface area contributed by atoms with Gasteiger partial charge in [-0.3, -0.25) is 14.5 Å². The second kappa shape index (κ2) is 8.86. The van der Waals surface area contributed by atoms with Crippen molar-refractivity contribution in [3.8, 4) is 22.8 Å². The molecule has 1 aromatic heterocycles. The number of aromatic nitrogens is 1. The molecule has 3 atom stereocenters. The molecule has 0 radical (unpaired) electrons. The van der Waals surface area contributed by atoms with E-state index in [1.54, 1.807) is 4.90 Å². The minimum Gasteiger partial charge on any atom is -0.507 e. The number of pyridine rings is 1. The molecule has 0 bridgehead atoms. The molecule has 190 valence electrons. The van der Waals surface area contributed by atoms with Gasteiger partial charge in [0.15, 0.2) is 5.75 Å². The van der Waals surface area contributed by atoms with Gasteiger partial charge in [0.2, 0.25) is 0 Å². The van der Waals surface area contributed by atoms with E-state index in [1.165, 1.54) is 18.2 Å². The highest BCUT2D eigenvalue weighted by molar-refractivity contribution is 6.35. The zero-order valence-electron chi connectivity index (χ0n) is 19.8. The van der Waals surface area contributed by atoms with Crippen molar-refractivity contribution in [1.29, 1.82) is 0 Å². The molecule has 4 aliphatic rings. The van der Waals surface area contributed by atoms with Crippen LogP contribution in [0.4, 0.5) is 10.2 Å². The first kappa shape index (κ1) is 23.4. The first-order valence-electron chi connectivity index (χ1n) is 12.2. The molecule has 2 aromatic rings. The molecule has 2 N–H and O–H groups in total. The van der Waals surface area contributed by atoms with Gasteiger partial charge in [-0.25, -0.2) is 9.37 Å². The third kappa shape index (κ3) is 3.70. The Morgan fingerprint density at radius 1 is 1.22 bits per heavy atom. The number of amides is 1. The number of nitrogens with zero attached hydrogens (tertiary/aromatic N) is 4. The van der Waals surface area contributed by atoms with E-state index in [1.807, 2.05) is 11.8 Å². The Morgan fingerprint density at radius 3 is 2.86 bits per heavy atom. The molecule has 5 heterocycles. The van der Waals surface area contributed by atoms with Crippen molar-refractivity contribution in [2.45, 2.75) is 37.9 Å². The molecule has 0 spiro atoms. The van der Waals surface area contributed by atoms with E-state index in [9.17, 15) is 19.1 Å². The highest BCUT2D eigenvalue weighted by Crippen LogP contribution is 2.46. The Morgan fingerprint density at radius 2 is 2.06 bits per heavy atom. The summed E-state index contributed by atoms with van der Waals surface area (Å²) in [7, 11) is 0. The van der Waals surface area contributed by atoms with Crippen LogP contribution in [-0.4, -0.2) is 89.2 Å². The zero-order chi connectivity index (χ0) is 25.1. The van der Waals surface area contributed by atoms with Gasteiger partial charge in [-0.1, -0.05) is 17.7 Å². The molecule has 36 heavy (non-hydrogen) atoms. The molecule has 6 rings (SSSR count). The van der Waals surface area contributed by atoms with E-state index in [0.717, 1.165) is 6.42 Å². The van der Waals surface area contributed by atoms with Crippen LogP contribution in [-0.2, 0) is 4.79 Å². The van der Waals surface area contributed by atoms with E-state index in [-0.39, 0.29) is 69.8 Å². The molecule has 1 amide bonds. The molecule has 0 saturated carbocycles. The minimum atomic E-state index is -0.686. The van der Waals surface area contributed by atoms with Crippen LogP contribution >= 0.6 is 11.6 Å². The van der Waals surface area contributed by atoms with Gasteiger partial charge < -0.3 is 25.0 Å². The molecule has 1 aromatic carbocycles. The zero-order valence-corrected chi connectivity index (χ0v) is 20.6. The van der Waals surface area contributed by atoms with E-state index in [0.29, 0.717) is 45.1 Å². The molecule has 3 fully saturated rings. The monoisotopic (exact) mass is 515 g/mol. The number of ether oxygens (including phenoxy) is 1. The average molecular weight is 516 g/mol. The van der Waals surface area contributed by atoms with Crippen LogP contribution in [0.25, 0.3) is 11.3 Å². The van der Waals surface area contributed by atoms with E-state index in [4.69, 9.17) is 21.3 Å². The normalized spacial score (nSPS) is 26.2. The second-order valence-corrected chi connectivity index (χ2v) is 10.3. The molecule has 3 saturated heterocycles. The fraction of sp³-hybridized carbons (Fsp3) is 0.480. The summed E-state index contributed by atoms with van der Waals surface area (Å²) in [5.41, 5.74) is 0.101. The summed E-state index contributed by atoms with van der Waals surface area (Å²) in [5.74, 6) is -0.582. The number of anilines is 1. The van der Waals surface area contributed by atoms with Gasteiger partial charge in [0, 0.05) is 38.1 Å². The summed E-state index contributed by atoms with van der Waals surface area (Å²) in [6.45, 7) is 4.73. The van der Waals surface area contributed by atoms with E-state index in [2.05, 4.69) is 10.2 Å². The van der Waals surface area contributed by atoms with Crippen molar-refractivity contribution < 1.29 is 23.8 Å². The van der Waals surface area contributed by atoms with Crippen molar-refractivity contribution in [3.05, 3.63) is 34.6 Å². The van der Waals surface area contributed by atoms with Crippen LogP contribution < -0.4 is 15.0 Å². The number of nitrogens with one attached hydrogen (secondary N) is 1. The number of phenols is 1. The number of carbonyl (C=O) groups is 2. The summed E-state index contributed by atoms with van der Waals surface area (Å²) < 4.78 is 21.1. The predicted octanol–water partition coefficient (Wildman–Crippen LogP) is 2.25. The summed E-state index contributed by atoms with van der Waals surface area (Å²) >= 11 is 6.77. The first-order chi connectivity index (χ1) is 17.3. The Labute approximate surface area is 212 Å². The number of rotatable bonds is 2. The van der Waals surface area contributed by atoms with Gasteiger partial charge in [-0.05, 0) is 25.5 Å². The number of Topliss-reactive ketones (excluding diaryl/α,β-unsaturated/α-hetero) is 1. The van der Waals surface area contributed by atoms with Crippen molar-refractivity contribution >= 4 is 29.1 Å². The maximum atomic E-state index is 15.0. The lowest BCUT2D eigenvalue weighted by molar-refractivity contribution is -0.116. The van der Waals surface area contributed by atoms with Gasteiger partial charge in [0.25, 0.3) is 5.91 Å². The van der Waals surface area contributed by atoms with Gasteiger partial charge in [0.1, 0.15) is 46.1 Å². The number of phenolic OH excluding ortho intramolecular Hbond substituents is 1. The number of aromatic hydroxyl groups is 1. The topological polar surface area (TPSA) is 98.2 Å². The number of carbonyl (C=O) groups excluding carboxylic acids is 2. The fourth-order valence-electron chi connectivity index (χ4n) is 5.82. The minimum absolute atomic E-state index is 0.0126. The van der Waals surface area contributed by atoms with Crippen molar-refractivity contribution in [3.63, 3.8) is 0 Å². The molecule has 9 nitrogen and oxygen atoms in total. The second-order valence-electron chi connectivity index (χ2n) is 9.94. The van der Waals surface area contributed by atoms with Crippen LogP contribution in [0.5, 0.6) is 11.5 Å². The molecular formula is C25H27ClFN5O4. The molecule has 4 aliphatic heterocycles. The number of hydrogen-bond acceptors (Lipinski definition) is 8. The quantitative estimate of drug-likeness (QED) is 0.628. The summed E-state index contributed by atoms with van der Waals surface area (Å²) in [4.78, 5) is 36.7. The summed E-state index contributed by atoms with van der Waals surface area (Å²) in [5, 5.41) is 13.8. The highest BCUT2D eigenvalue weighted by Gasteiger charge is 2.43. The maximum absolute atomic E-state index is 15.0. The lowest BCUT2D eigenvalue weighted by atomic mass is 10.0. The Bertz CT molecular complexity index is 1240. The average Bonchev–Trinajstić information content (AvgIpc) is 3.14. The smallest absolute Gasteiger partial charge is 0.261 e. The largest absolute Gasteiger partial charge is 0.507 e. The number of benzene rings is 1. The SMILES string of the molecule is C[C@H]1CC2CC(=O)CN2CN1c1nc(-c2c(O)cccc2F)c(Cl)c2c1C(=O)N1CCNC[C@@H]1CO2. The lowest BCUT2D eigenvalue weighted by Crippen LogP contribution is -2.55. The van der Waals surface area contributed by atoms with Crippen LogP contribution in [0.15, 0.2) is 18.2 Å². The van der Waals surface area contributed by atoms with Crippen LogP contribution in [0.2, 0.25) is 5.02 Å². The first-order valence-corrected chi connectivity index (χ1v) is 12.6. The molecule has 11 heteroatoms. The molecule has 0 aliphatic carbocycles. The Hall–Kier alpha value is -2.95. The van der Waals surface area contributed by atoms with E-state index < -0.39 is 5.82 Å². The number of fused-ring (bicyclic) bond motifs is 3. The van der Waals surface area contributed by atoms with Crippen molar-refractivity contribution in [1.82, 2.24) is 20.1 Å². The maximum Gasteiger partial charge on any atom is 0.261 e. The standard InChI is InChI=1S/C25H27ClFN5O4/c1-13-7-14-8-16(33)10-30(14)12-32(13)24-20-23(36-11-15-9-28-5-6-31(15)25(20)35)21(26)22(29-24)19-17(27)3-2-4-18(19)34/h2-4,13-15,28,34H,5-12H2,1H3/t13-,14?,15+/m0/s1. The van der Waals surface area contributed by atoms with Crippen molar-refractivity contribution in [2.24, 2.45) is 0 Å². The highest BCUT2D eigenvalue weighted by atomic mass is 35.5. The van der Waals surface area contributed by atoms with Crippen molar-refractivity contribution in [2.75, 3.05) is 44.4 Å². The lowest BCUT2D eigenvalue weighted by Gasteiger charge is -2.43. The van der Waals surface area contributed by atoms with Crippen LogP contribution in [0.1, 0.15) is 30.1 Å². The van der Waals surface area contributed by atoms with Crippen LogP contribution in [0.3, 0.4) is 0 Å². The number of ketones is 1. The van der Waals surface area contributed by atoms with Gasteiger partial charge >= 0.3 is 0 Å². The number of hydrogen-bond donors (Lipinski definition) is 2. The number of piperazine rings is 1. The van der Waals surface area contributed by atoms with Crippen LogP contribution in [0, 0.1) is 5.82 Å². The number of halogens is 2. The molecule has 1 unspecified atom stereocenters. The summed E-state index contributed by atoms with van der Waals surface area (Å²) in [6, 6.07) is 3.90.